The molecule has 0 radical (unpaired) electrons. The van der Waals surface area contributed by atoms with Crippen LogP contribution in [0.4, 0.5) is 4.39 Å². The van der Waals surface area contributed by atoms with E-state index in [1.54, 1.807) is 24.0 Å². The highest BCUT2D eigenvalue weighted by Crippen LogP contribution is 2.34. The third-order valence-corrected chi connectivity index (χ3v) is 6.39. The van der Waals surface area contributed by atoms with Gasteiger partial charge in [0.15, 0.2) is 11.4 Å². The molecular weight excluding hydrogens is 425 g/mol. The summed E-state index contributed by atoms with van der Waals surface area (Å²) in [6, 6.07) is 12.1. The Kier molecular flexibility index (Phi) is 5.00. The lowest BCUT2D eigenvalue weighted by atomic mass is 9.97. The number of benzene rings is 2. The van der Waals surface area contributed by atoms with Gasteiger partial charge in [-0.25, -0.2) is 4.39 Å². The van der Waals surface area contributed by atoms with Crippen molar-refractivity contribution in [2.75, 3.05) is 13.1 Å². The fourth-order valence-corrected chi connectivity index (χ4v) is 4.62. The second kappa shape index (κ2) is 7.88. The van der Waals surface area contributed by atoms with Crippen LogP contribution in [-0.2, 0) is 13.0 Å². The number of aryl methyl sites for hydroxylation is 1. The van der Waals surface area contributed by atoms with Crippen molar-refractivity contribution >= 4 is 11.8 Å². The Morgan fingerprint density at radius 3 is 2.79 bits per heavy atom. The molecule has 0 aliphatic carbocycles. The van der Waals surface area contributed by atoms with E-state index in [0.717, 1.165) is 16.7 Å². The van der Waals surface area contributed by atoms with E-state index in [0.29, 0.717) is 19.5 Å². The number of nitrogens with zero attached hydrogens (tertiary/aromatic N) is 2. The molecule has 0 unspecified atom stereocenters. The van der Waals surface area contributed by atoms with Gasteiger partial charge >= 0.3 is 0 Å². The average Bonchev–Trinajstić information content (AvgIpc) is 2.97. The van der Waals surface area contributed by atoms with Gasteiger partial charge in [-0.1, -0.05) is 36.4 Å². The van der Waals surface area contributed by atoms with Crippen molar-refractivity contribution in [3.63, 3.8) is 0 Å². The number of carbonyl (C=O) groups is 2. The third-order valence-electron chi connectivity index (χ3n) is 6.39. The Bertz CT molecular complexity index is 1360. The molecule has 3 heterocycles. The number of aromatic nitrogens is 1. The van der Waals surface area contributed by atoms with Crippen molar-refractivity contribution < 1.29 is 19.1 Å². The van der Waals surface area contributed by atoms with Crippen molar-refractivity contribution in [1.82, 2.24) is 14.8 Å². The van der Waals surface area contributed by atoms with Crippen LogP contribution in [0.3, 0.4) is 0 Å². The van der Waals surface area contributed by atoms with Gasteiger partial charge in [0.05, 0.1) is 6.04 Å². The lowest BCUT2D eigenvalue weighted by Crippen LogP contribution is -2.45. The minimum Gasteiger partial charge on any atom is -0.503 e. The first-order valence-electron chi connectivity index (χ1n) is 10.7. The van der Waals surface area contributed by atoms with Gasteiger partial charge in [0.1, 0.15) is 11.4 Å². The molecule has 33 heavy (non-hydrogen) atoms. The van der Waals surface area contributed by atoms with Crippen LogP contribution in [0.2, 0.25) is 0 Å². The number of rotatable bonds is 3. The highest BCUT2D eigenvalue weighted by molar-refractivity contribution is 5.99. The predicted molar refractivity (Wildman–Crippen MR) is 119 cm³/mol. The van der Waals surface area contributed by atoms with Crippen LogP contribution in [0.5, 0.6) is 5.75 Å². The van der Waals surface area contributed by atoms with Crippen LogP contribution < -0.4 is 10.7 Å². The molecule has 5 rings (SSSR count). The van der Waals surface area contributed by atoms with E-state index < -0.39 is 28.8 Å². The van der Waals surface area contributed by atoms with Crippen LogP contribution >= 0.6 is 0 Å². The summed E-state index contributed by atoms with van der Waals surface area (Å²) in [6.07, 6.45) is 1.99. The van der Waals surface area contributed by atoms with Crippen molar-refractivity contribution in [2.24, 2.45) is 0 Å². The third kappa shape index (κ3) is 3.47. The van der Waals surface area contributed by atoms with Crippen molar-refractivity contribution in [3.8, 4) is 5.75 Å². The first kappa shape index (κ1) is 20.9. The Morgan fingerprint density at radius 1 is 1.21 bits per heavy atom. The zero-order valence-electron chi connectivity index (χ0n) is 18.0. The summed E-state index contributed by atoms with van der Waals surface area (Å²) >= 11 is 0. The Balaban J connectivity index is 1.55. The molecule has 2 aliphatic heterocycles. The normalized spacial score (nSPS) is 16.6. The Morgan fingerprint density at radius 2 is 2.00 bits per heavy atom. The van der Waals surface area contributed by atoms with Gasteiger partial charge in [0, 0.05) is 31.4 Å². The molecule has 3 aromatic rings. The molecule has 2 N–H and O–H groups in total. The number of hydrogen-bond donors (Lipinski definition) is 2. The molecule has 0 spiro atoms. The Hall–Kier alpha value is -3.94. The van der Waals surface area contributed by atoms with Crippen molar-refractivity contribution in [2.45, 2.75) is 25.9 Å². The van der Waals surface area contributed by atoms with Crippen molar-refractivity contribution in [1.29, 1.82) is 0 Å². The monoisotopic (exact) mass is 447 g/mol. The number of hydrogen-bond acceptors (Lipinski definition) is 4. The number of aromatic hydroxyl groups is 1. The zero-order chi connectivity index (χ0) is 23.3. The molecule has 0 saturated carbocycles. The zero-order valence-corrected chi connectivity index (χ0v) is 18.0. The summed E-state index contributed by atoms with van der Waals surface area (Å²) in [5.41, 5.74) is 1.74. The number of pyridine rings is 1. The fraction of sp³-hybridized carbons (Fsp3) is 0.240. The molecule has 0 saturated heterocycles. The highest BCUT2D eigenvalue weighted by Gasteiger charge is 2.38. The molecule has 1 aromatic heterocycles. The van der Waals surface area contributed by atoms with Gasteiger partial charge < -0.3 is 19.9 Å². The van der Waals surface area contributed by atoms with Crippen LogP contribution in [0.25, 0.3) is 0 Å². The second-order valence-corrected chi connectivity index (χ2v) is 8.47. The van der Waals surface area contributed by atoms with E-state index in [2.05, 4.69) is 5.32 Å². The summed E-state index contributed by atoms with van der Waals surface area (Å²) in [4.78, 5) is 40.4. The average molecular weight is 447 g/mol. The maximum Gasteiger partial charge on any atom is 0.274 e. The lowest BCUT2D eigenvalue weighted by Gasteiger charge is -2.35. The number of fused-ring (bicyclic) bond motifs is 6. The molecule has 2 bridgehead atoms. The van der Waals surface area contributed by atoms with E-state index in [-0.39, 0.29) is 29.4 Å². The SMILES string of the molecule is Cc1ccc(CNC(=O)c2cn3c(c(O)c2=O)C(=O)N2CCc4ccccc4[C@@H]3C2)c(F)c1. The summed E-state index contributed by atoms with van der Waals surface area (Å²) in [5, 5.41) is 13.2. The van der Waals surface area contributed by atoms with E-state index in [1.165, 1.54) is 16.8 Å². The Labute approximate surface area is 189 Å². The number of nitrogens with one attached hydrogen (secondary N) is 1. The molecule has 8 heteroatoms. The van der Waals surface area contributed by atoms with Gasteiger partial charge in [-0.15, -0.1) is 0 Å². The van der Waals surface area contributed by atoms with E-state index in [9.17, 15) is 23.9 Å². The number of halogens is 1. The lowest BCUT2D eigenvalue weighted by molar-refractivity contribution is 0.0686. The van der Waals surface area contributed by atoms with Gasteiger partial charge in [-0.2, -0.15) is 0 Å². The van der Waals surface area contributed by atoms with Gasteiger partial charge in [0.25, 0.3) is 11.8 Å². The van der Waals surface area contributed by atoms with Crippen LogP contribution in [-0.4, -0.2) is 39.5 Å². The quantitative estimate of drug-likeness (QED) is 0.646. The first-order chi connectivity index (χ1) is 15.8. The molecule has 168 valence electrons. The minimum absolute atomic E-state index is 0.117. The topological polar surface area (TPSA) is 91.6 Å². The fourth-order valence-electron chi connectivity index (χ4n) is 4.62. The highest BCUT2D eigenvalue weighted by atomic mass is 19.1. The van der Waals surface area contributed by atoms with Gasteiger partial charge in [0.2, 0.25) is 5.43 Å². The molecule has 2 aromatic carbocycles. The standard InChI is InChI=1S/C25H22FN3O4/c1-14-6-7-16(19(26)10-14)11-27-24(32)18-12-29-20-13-28(25(33)21(29)23(31)22(18)30)9-8-15-4-2-3-5-17(15)20/h2-7,10,12,20,31H,8-9,11,13H2,1H3,(H,27,32)/t20-/m0/s1. The predicted octanol–water partition coefficient (Wildman–Crippen LogP) is 2.53. The summed E-state index contributed by atoms with van der Waals surface area (Å²) in [5.74, 6) is -2.39. The molecule has 1 atom stereocenters. The molecule has 2 amide bonds. The number of carbonyl (C=O) groups excluding carboxylic acids is 2. The first-order valence-corrected chi connectivity index (χ1v) is 10.7. The maximum absolute atomic E-state index is 14.1. The molecular formula is C25H22FN3O4. The summed E-state index contributed by atoms with van der Waals surface area (Å²) < 4.78 is 15.7. The van der Waals surface area contributed by atoms with E-state index in [4.69, 9.17) is 0 Å². The summed E-state index contributed by atoms with van der Waals surface area (Å²) in [6.45, 7) is 2.49. The minimum atomic E-state index is -0.926. The van der Waals surface area contributed by atoms with E-state index >= 15 is 0 Å². The van der Waals surface area contributed by atoms with Gasteiger partial charge in [-0.3, -0.25) is 14.4 Å². The molecule has 2 aliphatic rings. The van der Waals surface area contributed by atoms with Crippen LogP contribution in [0.15, 0.2) is 53.5 Å². The van der Waals surface area contributed by atoms with Crippen LogP contribution in [0.1, 0.15) is 49.1 Å². The molecule has 7 nitrogen and oxygen atoms in total. The number of amides is 2. The van der Waals surface area contributed by atoms with Crippen LogP contribution in [0, 0.1) is 12.7 Å². The largest absolute Gasteiger partial charge is 0.503 e. The second-order valence-electron chi connectivity index (χ2n) is 8.47. The summed E-state index contributed by atoms with van der Waals surface area (Å²) in [7, 11) is 0. The maximum atomic E-state index is 14.1. The van der Waals surface area contributed by atoms with Gasteiger partial charge in [-0.05, 0) is 36.1 Å². The van der Waals surface area contributed by atoms with E-state index in [1.807, 2.05) is 24.3 Å². The molecule has 0 fully saturated rings. The smallest absolute Gasteiger partial charge is 0.274 e. The van der Waals surface area contributed by atoms with Crippen molar-refractivity contribution in [3.05, 3.63) is 98.2 Å².